The first-order valence-electron chi connectivity index (χ1n) is 11.5. The van der Waals surface area contributed by atoms with Crippen molar-refractivity contribution in [2.45, 2.75) is 32.9 Å². The maximum absolute atomic E-state index is 13.8. The Hall–Kier alpha value is -3.84. The van der Waals surface area contributed by atoms with Crippen LogP contribution in [0, 0.1) is 5.82 Å². The van der Waals surface area contributed by atoms with Gasteiger partial charge in [0.15, 0.2) is 5.11 Å². The Morgan fingerprint density at radius 1 is 1.00 bits per heavy atom. The van der Waals surface area contributed by atoms with E-state index in [0.29, 0.717) is 28.9 Å². The number of halogens is 1. The number of benzene rings is 3. The molecule has 1 aromatic heterocycles. The van der Waals surface area contributed by atoms with E-state index < -0.39 is 0 Å². The molecule has 1 aliphatic rings. The molecule has 35 heavy (non-hydrogen) atoms. The number of aryl methyl sites for hydroxylation is 1. The number of hydrogen-bond donors (Lipinski definition) is 1. The molecule has 0 fully saturated rings. The SMILES string of the molecule is CCc1ccc(C2NC(=S)N(Cc3ccccc3)C(C)=C2c2nc(-c3cccc(F)c3)no2)cc1. The van der Waals surface area contributed by atoms with Crippen LogP contribution < -0.4 is 5.32 Å². The third-order valence-corrected chi connectivity index (χ3v) is 6.58. The molecule has 0 aliphatic carbocycles. The zero-order chi connectivity index (χ0) is 24.4. The van der Waals surface area contributed by atoms with Gasteiger partial charge in [0, 0.05) is 17.8 Å². The summed E-state index contributed by atoms with van der Waals surface area (Å²) in [5.74, 6) is 0.360. The van der Waals surface area contributed by atoms with Crippen LogP contribution in [-0.2, 0) is 13.0 Å². The number of thiocarbonyl (C=S) groups is 1. The summed E-state index contributed by atoms with van der Waals surface area (Å²) in [4.78, 5) is 6.70. The minimum absolute atomic E-state index is 0.263. The Morgan fingerprint density at radius 3 is 2.49 bits per heavy atom. The van der Waals surface area contributed by atoms with Crippen LogP contribution in [0.25, 0.3) is 17.0 Å². The highest BCUT2D eigenvalue weighted by atomic mass is 32.1. The van der Waals surface area contributed by atoms with E-state index in [1.807, 2.05) is 30.0 Å². The molecule has 0 saturated carbocycles. The van der Waals surface area contributed by atoms with E-state index in [2.05, 4.69) is 58.8 Å². The predicted molar refractivity (Wildman–Crippen MR) is 139 cm³/mol. The highest BCUT2D eigenvalue weighted by Gasteiger charge is 2.34. The molecule has 4 aromatic rings. The van der Waals surface area contributed by atoms with Gasteiger partial charge in [-0.2, -0.15) is 4.98 Å². The van der Waals surface area contributed by atoms with E-state index in [9.17, 15) is 4.39 Å². The van der Waals surface area contributed by atoms with Crippen LogP contribution >= 0.6 is 12.2 Å². The molecule has 1 unspecified atom stereocenters. The van der Waals surface area contributed by atoms with Crippen molar-refractivity contribution in [2.75, 3.05) is 0 Å². The van der Waals surface area contributed by atoms with Gasteiger partial charge in [0.25, 0.3) is 5.89 Å². The lowest BCUT2D eigenvalue weighted by atomic mass is 9.93. The summed E-state index contributed by atoms with van der Waals surface area (Å²) in [5, 5.41) is 8.27. The second-order valence-corrected chi connectivity index (χ2v) is 8.87. The fourth-order valence-corrected chi connectivity index (χ4v) is 4.61. The first kappa shape index (κ1) is 22.9. The van der Waals surface area contributed by atoms with Crippen molar-refractivity contribution in [1.82, 2.24) is 20.4 Å². The molecule has 1 atom stereocenters. The molecule has 7 heteroatoms. The Kier molecular flexibility index (Phi) is 6.42. The number of nitrogens with zero attached hydrogens (tertiary/aromatic N) is 3. The Labute approximate surface area is 209 Å². The van der Waals surface area contributed by atoms with Crippen LogP contribution in [0.1, 0.15) is 42.5 Å². The molecule has 0 amide bonds. The molecular weight excluding hydrogens is 459 g/mol. The van der Waals surface area contributed by atoms with Gasteiger partial charge in [-0.05, 0) is 54.4 Å². The van der Waals surface area contributed by atoms with Crippen molar-refractivity contribution < 1.29 is 8.91 Å². The van der Waals surface area contributed by atoms with Gasteiger partial charge < -0.3 is 14.7 Å². The van der Waals surface area contributed by atoms with Crippen molar-refractivity contribution >= 4 is 22.9 Å². The lowest BCUT2D eigenvalue weighted by Gasteiger charge is -2.37. The van der Waals surface area contributed by atoms with Crippen molar-refractivity contribution in [3.05, 3.63) is 113 Å². The fourth-order valence-electron chi connectivity index (χ4n) is 4.29. The van der Waals surface area contributed by atoms with Gasteiger partial charge in [0.1, 0.15) is 5.82 Å². The molecule has 176 valence electrons. The molecule has 1 N–H and O–H groups in total. The molecule has 0 saturated heterocycles. The summed E-state index contributed by atoms with van der Waals surface area (Å²) in [6.07, 6.45) is 0.962. The molecule has 0 bridgehead atoms. The van der Waals surface area contributed by atoms with E-state index >= 15 is 0 Å². The van der Waals surface area contributed by atoms with Gasteiger partial charge in [-0.1, -0.05) is 78.8 Å². The van der Waals surface area contributed by atoms with E-state index in [0.717, 1.165) is 28.8 Å². The van der Waals surface area contributed by atoms with Crippen molar-refractivity contribution in [1.29, 1.82) is 0 Å². The zero-order valence-electron chi connectivity index (χ0n) is 19.5. The van der Waals surface area contributed by atoms with Crippen molar-refractivity contribution in [2.24, 2.45) is 0 Å². The molecular formula is C28H25FN4OS. The molecule has 5 rings (SSSR count). The molecule has 0 radical (unpaired) electrons. The molecule has 0 spiro atoms. The maximum atomic E-state index is 13.8. The first-order valence-corrected chi connectivity index (χ1v) is 12.0. The van der Waals surface area contributed by atoms with Crippen LogP contribution in [0.5, 0.6) is 0 Å². The van der Waals surface area contributed by atoms with Gasteiger partial charge in [0.2, 0.25) is 5.82 Å². The van der Waals surface area contributed by atoms with Crippen LogP contribution in [-0.4, -0.2) is 20.2 Å². The van der Waals surface area contributed by atoms with Gasteiger partial charge in [-0.15, -0.1) is 0 Å². The average molecular weight is 485 g/mol. The Morgan fingerprint density at radius 2 is 1.77 bits per heavy atom. The van der Waals surface area contributed by atoms with Crippen LogP contribution in [0.4, 0.5) is 4.39 Å². The highest BCUT2D eigenvalue weighted by Crippen LogP contribution is 2.38. The van der Waals surface area contributed by atoms with E-state index in [1.54, 1.807) is 12.1 Å². The highest BCUT2D eigenvalue weighted by molar-refractivity contribution is 7.80. The summed E-state index contributed by atoms with van der Waals surface area (Å²) in [6.45, 7) is 4.76. The van der Waals surface area contributed by atoms with Crippen molar-refractivity contribution in [3.8, 4) is 11.4 Å². The van der Waals surface area contributed by atoms with Crippen LogP contribution in [0.3, 0.4) is 0 Å². The zero-order valence-corrected chi connectivity index (χ0v) is 20.3. The lowest BCUT2D eigenvalue weighted by Crippen LogP contribution is -2.45. The molecule has 3 aromatic carbocycles. The van der Waals surface area contributed by atoms with Gasteiger partial charge in [-0.3, -0.25) is 0 Å². The van der Waals surface area contributed by atoms with E-state index in [-0.39, 0.29) is 11.9 Å². The monoisotopic (exact) mass is 484 g/mol. The van der Waals surface area contributed by atoms with Gasteiger partial charge >= 0.3 is 0 Å². The number of allylic oxidation sites excluding steroid dienone is 1. The molecule has 2 heterocycles. The normalized spacial score (nSPS) is 15.9. The van der Waals surface area contributed by atoms with Gasteiger partial charge in [0.05, 0.1) is 11.6 Å². The number of nitrogens with one attached hydrogen (secondary N) is 1. The standard InChI is InChI=1S/C28H25FN4OS/c1-3-19-12-14-21(15-13-19)25-24(27-31-26(32-34-27)22-10-7-11-23(29)16-22)18(2)33(28(35)30-25)17-20-8-5-4-6-9-20/h4-16,25H,3,17H2,1-2H3,(H,30,35). The van der Waals surface area contributed by atoms with Crippen LogP contribution in [0.2, 0.25) is 0 Å². The number of aromatic nitrogens is 2. The summed E-state index contributed by atoms with van der Waals surface area (Å²) >= 11 is 5.80. The Balaban J connectivity index is 1.59. The smallest absolute Gasteiger partial charge is 0.258 e. The maximum Gasteiger partial charge on any atom is 0.258 e. The second-order valence-electron chi connectivity index (χ2n) is 8.48. The summed E-state index contributed by atoms with van der Waals surface area (Å²) in [6, 6.07) is 24.5. The second kappa shape index (κ2) is 9.80. The number of rotatable bonds is 6. The third kappa shape index (κ3) is 4.72. The summed E-state index contributed by atoms with van der Waals surface area (Å²) in [5.41, 5.74) is 5.76. The molecule has 5 nitrogen and oxygen atoms in total. The minimum Gasteiger partial charge on any atom is -0.351 e. The fraction of sp³-hybridized carbons (Fsp3) is 0.179. The number of hydrogen-bond acceptors (Lipinski definition) is 4. The lowest BCUT2D eigenvalue weighted by molar-refractivity contribution is 0.396. The van der Waals surface area contributed by atoms with E-state index in [4.69, 9.17) is 16.7 Å². The Bertz CT molecular complexity index is 1380. The van der Waals surface area contributed by atoms with E-state index in [1.165, 1.54) is 17.7 Å². The molecule has 1 aliphatic heterocycles. The minimum atomic E-state index is -0.350. The third-order valence-electron chi connectivity index (χ3n) is 6.24. The predicted octanol–water partition coefficient (Wildman–Crippen LogP) is 6.30. The summed E-state index contributed by atoms with van der Waals surface area (Å²) < 4.78 is 19.5. The quantitative estimate of drug-likeness (QED) is 0.324. The van der Waals surface area contributed by atoms with Gasteiger partial charge in [-0.25, -0.2) is 4.39 Å². The average Bonchev–Trinajstić information content (AvgIpc) is 3.37. The summed E-state index contributed by atoms with van der Waals surface area (Å²) in [7, 11) is 0. The first-order chi connectivity index (χ1) is 17.0. The van der Waals surface area contributed by atoms with Crippen LogP contribution in [0.15, 0.2) is 89.1 Å². The topological polar surface area (TPSA) is 54.2 Å². The van der Waals surface area contributed by atoms with Crippen molar-refractivity contribution in [3.63, 3.8) is 0 Å². The largest absolute Gasteiger partial charge is 0.351 e.